The maximum atomic E-state index is 10.5. The summed E-state index contributed by atoms with van der Waals surface area (Å²) < 4.78 is 0. The summed E-state index contributed by atoms with van der Waals surface area (Å²) in [4.78, 5) is 10.5. The van der Waals surface area contributed by atoms with Crippen molar-refractivity contribution < 1.29 is 4.79 Å². The van der Waals surface area contributed by atoms with Crippen molar-refractivity contribution in [1.29, 1.82) is 0 Å². The lowest BCUT2D eigenvalue weighted by Crippen LogP contribution is -2.13. The molecule has 1 aromatic carbocycles. The summed E-state index contributed by atoms with van der Waals surface area (Å²) >= 11 is 5.76. The van der Waals surface area contributed by atoms with Crippen LogP contribution in [0.1, 0.15) is 5.56 Å². The van der Waals surface area contributed by atoms with Crippen molar-refractivity contribution >= 4 is 17.5 Å². The highest BCUT2D eigenvalue weighted by Crippen LogP contribution is 2.14. The SMILES string of the molecule is NC(=O)Cc1ccccc1Cl. The van der Waals surface area contributed by atoms with Crippen LogP contribution in [0.15, 0.2) is 24.3 Å². The number of halogens is 1. The topological polar surface area (TPSA) is 43.1 Å². The third-order valence-electron chi connectivity index (χ3n) is 1.32. The molecule has 0 saturated heterocycles. The van der Waals surface area contributed by atoms with Crippen molar-refractivity contribution in [3.63, 3.8) is 0 Å². The summed E-state index contributed by atoms with van der Waals surface area (Å²) in [6.07, 6.45) is 0.208. The van der Waals surface area contributed by atoms with Crippen LogP contribution < -0.4 is 5.73 Å². The van der Waals surface area contributed by atoms with Gasteiger partial charge in [-0.2, -0.15) is 0 Å². The van der Waals surface area contributed by atoms with Crippen molar-refractivity contribution in [3.8, 4) is 0 Å². The molecule has 0 unspecified atom stereocenters. The van der Waals surface area contributed by atoms with Crippen LogP contribution in [-0.4, -0.2) is 5.91 Å². The van der Waals surface area contributed by atoms with E-state index in [2.05, 4.69) is 0 Å². The summed E-state index contributed by atoms with van der Waals surface area (Å²) in [5.74, 6) is -0.363. The van der Waals surface area contributed by atoms with Gasteiger partial charge >= 0.3 is 0 Å². The first-order valence-corrected chi connectivity index (χ1v) is 3.59. The molecule has 2 N–H and O–H groups in total. The molecule has 0 fully saturated rings. The molecule has 0 aromatic heterocycles. The molecule has 0 bridgehead atoms. The van der Waals surface area contributed by atoms with E-state index in [1.54, 1.807) is 12.1 Å². The molecule has 11 heavy (non-hydrogen) atoms. The van der Waals surface area contributed by atoms with Crippen LogP contribution in [0.5, 0.6) is 0 Å². The van der Waals surface area contributed by atoms with Gasteiger partial charge in [0.1, 0.15) is 0 Å². The summed E-state index contributed by atoms with van der Waals surface area (Å²) in [7, 11) is 0. The first-order chi connectivity index (χ1) is 5.20. The second-order valence-electron chi connectivity index (χ2n) is 2.23. The van der Waals surface area contributed by atoms with E-state index in [1.165, 1.54) is 0 Å². The van der Waals surface area contributed by atoms with Gasteiger partial charge in [0.2, 0.25) is 5.91 Å². The van der Waals surface area contributed by atoms with Gasteiger partial charge in [0.25, 0.3) is 0 Å². The van der Waals surface area contributed by atoms with E-state index in [0.717, 1.165) is 5.56 Å². The lowest BCUT2D eigenvalue weighted by atomic mass is 10.1. The Labute approximate surface area is 70.0 Å². The normalized spacial score (nSPS) is 9.55. The molecule has 1 rings (SSSR count). The third kappa shape index (κ3) is 2.24. The minimum absolute atomic E-state index is 0.208. The largest absolute Gasteiger partial charge is 0.369 e. The van der Waals surface area contributed by atoms with Crippen molar-refractivity contribution in [1.82, 2.24) is 0 Å². The molecule has 0 saturated carbocycles. The smallest absolute Gasteiger partial charge is 0.221 e. The number of benzene rings is 1. The number of primary amides is 1. The number of amides is 1. The molecule has 1 amide bonds. The van der Waals surface area contributed by atoms with E-state index in [1.807, 2.05) is 12.1 Å². The van der Waals surface area contributed by atoms with Crippen LogP contribution in [0.4, 0.5) is 0 Å². The zero-order valence-electron chi connectivity index (χ0n) is 5.88. The van der Waals surface area contributed by atoms with Crippen molar-refractivity contribution in [3.05, 3.63) is 34.9 Å². The van der Waals surface area contributed by atoms with Gasteiger partial charge in [-0.15, -0.1) is 0 Å². The fraction of sp³-hybridized carbons (Fsp3) is 0.125. The molecule has 0 aliphatic carbocycles. The Hall–Kier alpha value is -1.02. The Bertz CT molecular complexity index is 273. The van der Waals surface area contributed by atoms with Gasteiger partial charge in [0, 0.05) is 5.02 Å². The number of carbonyl (C=O) groups excluding carboxylic acids is 1. The molecule has 0 heterocycles. The number of hydrogen-bond acceptors (Lipinski definition) is 1. The van der Waals surface area contributed by atoms with E-state index in [-0.39, 0.29) is 12.3 Å². The maximum Gasteiger partial charge on any atom is 0.221 e. The average molecular weight is 170 g/mol. The lowest BCUT2D eigenvalue weighted by Gasteiger charge is -1.98. The minimum atomic E-state index is -0.363. The fourth-order valence-electron chi connectivity index (χ4n) is 0.829. The van der Waals surface area contributed by atoms with Crippen LogP contribution in [-0.2, 0) is 11.2 Å². The summed E-state index contributed by atoms with van der Waals surface area (Å²) in [5.41, 5.74) is 5.78. The molecule has 3 heteroatoms. The summed E-state index contributed by atoms with van der Waals surface area (Å²) in [6.45, 7) is 0. The van der Waals surface area contributed by atoms with Crippen LogP contribution in [0.25, 0.3) is 0 Å². The Morgan fingerprint density at radius 1 is 1.45 bits per heavy atom. The first kappa shape index (κ1) is 8.08. The Morgan fingerprint density at radius 2 is 2.09 bits per heavy atom. The number of hydrogen-bond donors (Lipinski definition) is 1. The van der Waals surface area contributed by atoms with Crippen molar-refractivity contribution in [2.75, 3.05) is 0 Å². The van der Waals surface area contributed by atoms with Crippen molar-refractivity contribution in [2.24, 2.45) is 5.73 Å². The zero-order chi connectivity index (χ0) is 8.27. The third-order valence-corrected chi connectivity index (χ3v) is 1.69. The highest BCUT2D eigenvalue weighted by atomic mass is 35.5. The number of nitrogens with two attached hydrogens (primary N) is 1. The van der Waals surface area contributed by atoms with Gasteiger partial charge in [-0.25, -0.2) is 0 Å². The highest BCUT2D eigenvalue weighted by molar-refractivity contribution is 6.31. The predicted molar refractivity (Wildman–Crippen MR) is 44.4 cm³/mol. The lowest BCUT2D eigenvalue weighted by molar-refractivity contribution is -0.117. The monoisotopic (exact) mass is 169 g/mol. The minimum Gasteiger partial charge on any atom is -0.369 e. The van der Waals surface area contributed by atoms with Gasteiger partial charge in [-0.3, -0.25) is 4.79 Å². The van der Waals surface area contributed by atoms with Crippen LogP contribution in [0.3, 0.4) is 0 Å². The first-order valence-electron chi connectivity index (χ1n) is 3.22. The second-order valence-corrected chi connectivity index (χ2v) is 2.64. The predicted octanol–water partition coefficient (Wildman–Crippen LogP) is 1.37. The van der Waals surface area contributed by atoms with Gasteiger partial charge in [0.15, 0.2) is 0 Å². The summed E-state index contributed by atoms with van der Waals surface area (Å²) in [6, 6.07) is 7.16. The highest BCUT2D eigenvalue weighted by Gasteiger charge is 2.01. The molecular weight excluding hydrogens is 162 g/mol. The fourth-order valence-corrected chi connectivity index (χ4v) is 1.03. The zero-order valence-corrected chi connectivity index (χ0v) is 6.64. The number of carbonyl (C=O) groups is 1. The van der Waals surface area contributed by atoms with E-state index >= 15 is 0 Å². The molecule has 0 radical (unpaired) electrons. The Morgan fingerprint density at radius 3 is 2.64 bits per heavy atom. The molecule has 1 aromatic rings. The van der Waals surface area contributed by atoms with Crippen LogP contribution in [0.2, 0.25) is 5.02 Å². The quantitative estimate of drug-likeness (QED) is 0.714. The summed E-state index contributed by atoms with van der Waals surface area (Å²) in [5, 5.41) is 0.589. The van der Waals surface area contributed by atoms with Crippen molar-refractivity contribution in [2.45, 2.75) is 6.42 Å². The molecule has 2 nitrogen and oxygen atoms in total. The van der Waals surface area contributed by atoms with E-state index < -0.39 is 0 Å². The van der Waals surface area contributed by atoms with Crippen LogP contribution >= 0.6 is 11.6 Å². The van der Waals surface area contributed by atoms with Gasteiger partial charge in [0.05, 0.1) is 6.42 Å². The van der Waals surface area contributed by atoms with Gasteiger partial charge in [-0.05, 0) is 11.6 Å². The number of rotatable bonds is 2. The molecule has 0 aliphatic rings. The van der Waals surface area contributed by atoms with Gasteiger partial charge < -0.3 is 5.73 Å². The van der Waals surface area contributed by atoms with E-state index in [4.69, 9.17) is 17.3 Å². The molecule has 0 spiro atoms. The molecule has 58 valence electrons. The Balaban J connectivity index is 2.86. The molecular formula is C8H8ClNO. The van der Waals surface area contributed by atoms with E-state index in [0.29, 0.717) is 5.02 Å². The molecule has 0 aliphatic heterocycles. The molecule has 0 atom stereocenters. The average Bonchev–Trinajstić information content (AvgIpc) is 1.93. The van der Waals surface area contributed by atoms with Gasteiger partial charge in [-0.1, -0.05) is 29.8 Å². The van der Waals surface area contributed by atoms with Crippen LogP contribution in [0, 0.1) is 0 Å². The maximum absolute atomic E-state index is 10.5. The van der Waals surface area contributed by atoms with E-state index in [9.17, 15) is 4.79 Å². The Kier molecular flexibility index (Phi) is 2.49. The second kappa shape index (κ2) is 3.39. The standard InChI is InChI=1S/C8H8ClNO/c9-7-4-2-1-3-6(7)5-8(10)11/h1-4H,5H2,(H2,10,11).